The van der Waals surface area contributed by atoms with E-state index in [1.165, 1.54) is 0 Å². The van der Waals surface area contributed by atoms with Gasteiger partial charge in [-0.2, -0.15) is 10.5 Å². The lowest BCUT2D eigenvalue weighted by Crippen LogP contribution is -2.53. The summed E-state index contributed by atoms with van der Waals surface area (Å²) >= 11 is 0. The fraction of sp³-hybridized carbons (Fsp3) is 0.846. The number of rotatable bonds is 12. The highest BCUT2D eigenvalue weighted by atomic mass is 16.5. The van der Waals surface area contributed by atoms with E-state index in [1.807, 2.05) is 19.1 Å². The summed E-state index contributed by atoms with van der Waals surface area (Å²) < 4.78 is 16.2. The minimum absolute atomic E-state index is 0.269. The molecular weight excluding hydrogens is 246 g/mol. The van der Waals surface area contributed by atoms with Crippen LogP contribution in [0.5, 0.6) is 0 Å². The number of ether oxygens (including phenoxy) is 3. The Labute approximate surface area is 115 Å². The standard InChI is InChI=1S/C13H23N3O3/c1-2-7-17-10-13(16,11-18-8-3-5-14)12-19-9-4-6-15/h2-4,7-12,16H2,1H3. The van der Waals surface area contributed by atoms with Crippen molar-refractivity contribution >= 4 is 0 Å². The molecule has 0 bridgehead atoms. The predicted molar refractivity (Wildman–Crippen MR) is 70.1 cm³/mol. The van der Waals surface area contributed by atoms with E-state index in [0.717, 1.165) is 6.42 Å². The van der Waals surface area contributed by atoms with Crippen LogP contribution in [0.25, 0.3) is 0 Å². The first-order chi connectivity index (χ1) is 9.18. The van der Waals surface area contributed by atoms with Crippen molar-refractivity contribution in [1.82, 2.24) is 0 Å². The van der Waals surface area contributed by atoms with Crippen LogP contribution in [-0.2, 0) is 14.2 Å². The van der Waals surface area contributed by atoms with Gasteiger partial charge < -0.3 is 19.9 Å². The zero-order valence-electron chi connectivity index (χ0n) is 11.6. The second kappa shape index (κ2) is 11.9. The summed E-state index contributed by atoms with van der Waals surface area (Å²) in [5.74, 6) is 0. The molecule has 0 amide bonds. The van der Waals surface area contributed by atoms with Crippen LogP contribution in [0.2, 0.25) is 0 Å². The highest BCUT2D eigenvalue weighted by Gasteiger charge is 2.26. The Morgan fingerprint density at radius 3 is 1.68 bits per heavy atom. The van der Waals surface area contributed by atoms with Crippen molar-refractivity contribution in [1.29, 1.82) is 10.5 Å². The summed E-state index contributed by atoms with van der Waals surface area (Å²) in [5, 5.41) is 16.9. The smallest absolute Gasteiger partial charge is 0.0865 e. The Kier molecular flexibility index (Phi) is 11.1. The largest absolute Gasteiger partial charge is 0.379 e. The second-order valence-corrected chi connectivity index (χ2v) is 4.34. The van der Waals surface area contributed by atoms with E-state index in [9.17, 15) is 0 Å². The molecule has 19 heavy (non-hydrogen) atoms. The minimum Gasteiger partial charge on any atom is -0.379 e. The molecule has 2 N–H and O–H groups in total. The SMILES string of the molecule is CCCOCC(N)(COCCC#N)COCCC#N. The summed E-state index contributed by atoms with van der Waals surface area (Å²) in [6, 6.07) is 4.00. The molecule has 0 fully saturated rings. The van der Waals surface area contributed by atoms with Gasteiger partial charge in [0.25, 0.3) is 0 Å². The number of hydrogen-bond donors (Lipinski definition) is 1. The van der Waals surface area contributed by atoms with E-state index >= 15 is 0 Å². The van der Waals surface area contributed by atoms with Crippen molar-refractivity contribution in [3.05, 3.63) is 0 Å². The van der Waals surface area contributed by atoms with Crippen molar-refractivity contribution in [2.24, 2.45) is 5.73 Å². The molecule has 6 heteroatoms. The van der Waals surface area contributed by atoms with Gasteiger partial charge in [0.1, 0.15) is 0 Å². The molecule has 0 radical (unpaired) electrons. The number of nitriles is 2. The van der Waals surface area contributed by atoms with Gasteiger partial charge in [-0.15, -0.1) is 0 Å². The minimum atomic E-state index is -0.736. The van der Waals surface area contributed by atoms with E-state index in [0.29, 0.717) is 39.3 Å². The van der Waals surface area contributed by atoms with Gasteiger partial charge in [0, 0.05) is 6.61 Å². The zero-order valence-corrected chi connectivity index (χ0v) is 11.6. The van der Waals surface area contributed by atoms with Gasteiger partial charge in [0.2, 0.25) is 0 Å². The summed E-state index contributed by atoms with van der Waals surface area (Å²) in [4.78, 5) is 0. The Morgan fingerprint density at radius 2 is 1.32 bits per heavy atom. The molecule has 0 saturated carbocycles. The molecule has 0 aromatic heterocycles. The third-order valence-corrected chi connectivity index (χ3v) is 2.23. The van der Waals surface area contributed by atoms with Gasteiger partial charge in [-0.25, -0.2) is 0 Å². The van der Waals surface area contributed by atoms with Gasteiger partial charge in [-0.1, -0.05) is 6.92 Å². The lowest BCUT2D eigenvalue weighted by atomic mass is 10.1. The van der Waals surface area contributed by atoms with Crippen LogP contribution in [0.3, 0.4) is 0 Å². The molecule has 0 heterocycles. The van der Waals surface area contributed by atoms with Crippen molar-refractivity contribution in [2.45, 2.75) is 31.7 Å². The van der Waals surface area contributed by atoms with E-state index in [4.69, 9.17) is 30.5 Å². The van der Waals surface area contributed by atoms with Crippen molar-refractivity contribution in [3.63, 3.8) is 0 Å². The lowest BCUT2D eigenvalue weighted by Gasteiger charge is -2.28. The van der Waals surface area contributed by atoms with Gasteiger partial charge >= 0.3 is 0 Å². The quantitative estimate of drug-likeness (QED) is 0.530. The molecule has 0 aliphatic rings. The Hall–Kier alpha value is -1.18. The second-order valence-electron chi connectivity index (χ2n) is 4.34. The monoisotopic (exact) mass is 269 g/mol. The van der Waals surface area contributed by atoms with Crippen molar-refractivity contribution < 1.29 is 14.2 Å². The van der Waals surface area contributed by atoms with Crippen LogP contribution in [-0.4, -0.2) is 45.2 Å². The third kappa shape index (κ3) is 10.4. The van der Waals surface area contributed by atoms with Gasteiger partial charge in [-0.05, 0) is 6.42 Å². The summed E-state index contributed by atoms with van der Waals surface area (Å²) in [6.45, 7) is 4.22. The van der Waals surface area contributed by atoms with E-state index in [2.05, 4.69) is 0 Å². The van der Waals surface area contributed by atoms with E-state index in [-0.39, 0.29) is 13.2 Å². The van der Waals surface area contributed by atoms with Crippen LogP contribution in [0, 0.1) is 22.7 Å². The molecule has 0 rings (SSSR count). The van der Waals surface area contributed by atoms with Crippen molar-refractivity contribution in [3.8, 4) is 12.1 Å². The van der Waals surface area contributed by atoms with Gasteiger partial charge in [-0.3, -0.25) is 0 Å². The Balaban J connectivity index is 4.04. The zero-order chi connectivity index (χ0) is 14.4. The maximum Gasteiger partial charge on any atom is 0.0865 e. The fourth-order valence-corrected chi connectivity index (χ4v) is 1.33. The van der Waals surface area contributed by atoms with Gasteiger partial charge in [0.15, 0.2) is 0 Å². The molecule has 0 unspecified atom stereocenters. The maximum atomic E-state index is 8.43. The summed E-state index contributed by atoms with van der Waals surface area (Å²) in [6.07, 6.45) is 1.59. The molecule has 6 nitrogen and oxygen atoms in total. The van der Waals surface area contributed by atoms with E-state index in [1.54, 1.807) is 0 Å². The fourth-order valence-electron chi connectivity index (χ4n) is 1.33. The highest BCUT2D eigenvalue weighted by Crippen LogP contribution is 2.05. The molecule has 108 valence electrons. The van der Waals surface area contributed by atoms with Crippen molar-refractivity contribution in [2.75, 3.05) is 39.6 Å². The topological polar surface area (TPSA) is 101 Å². The molecule has 0 atom stereocenters. The molecule has 0 aliphatic carbocycles. The molecular formula is C13H23N3O3. The molecule has 0 saturated heterocycles. The molecule has 0 aliphatic heterocycles. The normalized spacial score (nSPS) is 10.9. The highest BCUT2D eigenvalue weighted by molar-refractivity contribution is 4.84. The summed E-state index contributed by atoms with van der Waals surface area (Å²) in [7, 11) is 0. The first-order valence-corrected chi connectivity index (χ1v) is 6.44. The Bertz CT molecular complexity index is 274. The van der Waals surface area contributed by atoms with E-state index < -0.39 is 5.54 Å². The third-order valence-electron chi connectivity index (χ3n) is 2.23. The first-order valence-electron chi connectivity index (χ1n) is 6.44. The molecule has 0 spiro atoms. The Morgan fingerprint density at radius 1 is 0.895 bits per heavy atom. The average Bonchev–Trinajstić information content (AvgIpc) is 2.41. The molecule has 0 aromatic rings. The maximum absolute atomic E-state index is 8.43. The van der Waals surface area contributed by atoms with Crippen LogP contribution in [0.15, 0.2) is 0 Å². The lowest BCUT2D eigenvalue weighted by molar-refractivity contribution is -0.0208. The average molecular weight is 269 g/mol. The van der Waals surface area contributed by atoms with Crippen LogP contribution >= 0.6 is 0 Å². The number of hydrogen-bond acceptors (Lipinski definition) is 6. The number of nitrogens with zero attached hydrogens (tertiary/aromatic N) is 2. The van der Waals surface area contributed by atoms with Crippen LogP contribution in [0.1, 0.15) is 26.2 Å². The van der Waals surface area contributed by atoms with Crippen LogP contribution < -0.4 is 5.73 Å². The first kappa shape index (κ1) is 17.8. The number of nitrogens with two attached hydrogens (primary N) is 1. The molecule has 0 aromatic carbocycles. The predicted octanol–water partition coefficient (Wildman–Crippen LogP) is 0.971. The van der Waals surface area contributed by atoms with Gasteiger partial charge in [0.05, 0.1) is 63.6 Å². The summed E-state index contributed by atoms with van der Waals surface area (Å²) in [5.41, 5.74) is 5.43. The van der Waals surface area contributed by atoms with Crippen LogP contribution in [0.4, 0.5) is 0 Å².